The lowest BCUT2D eigenvalue weighted by atomic mass is 9.88. The maximum atomic E-state index is 13.6. The summed E-state index contributed by atoms with van der Waals surface area (Å²) in [5.41, 5.74) is 1.02. The van der Waals surface area contributed by atoms with Crippen LogP contribution in [-0.2, 0) is 27.9 Å². The van der Waals surface area contributed by atoms with Crippen molar-refractivity contribution in [3.63, 3.8) is 0 Å². The topological polar surface area (TPSA) is 171 Å². The highest BCUT2D eigenvalue weighted by atomic mass is 16.5. The molecule has 0 spiro atoms. The summed E-state index contributed by atoms with van der Waals surface area (Å²) in [6.45, 7) is 10.4. The first-order valence-electron chi connectivity index (χ1n) is 14.5. The largest absolute Gasteiger partial charge is 0.453 e. The number of carbonyl (C=O) groups excluding carboxylic acids is 3. The minimum atomic E-state index is -1.04. The molecule has 45 heavy (non-hydrogen) atoms. The van der Waals surface area contributed by atoms with Crippen LogP contribution in [0.2, 0.25) is 0 Å². The third kappa shape index (κ3) is 7.14. The number of nitrogens with zero attached hydrogens (tertiary/aromatic N) is 5. The van der Waals surface area contributed by atoms with E-state index in [-0.39, 0.29) is 34.9 Å². The summed E-state index contributed by atoms with van der Waals surface area (Å²) in [5.74, 6) is -1.44. The Labute approximate surface area is 260 Å². The molecule has 2 N–H and O–H groups in total. The predicted molar refractivity (Wildman–Crippen MR) is 166 cm³/mol. The zero-order valence-electron chi connectivity index (χ0n) is 26.4. The Hall–Kier alpha value is -5.20. The van der Waals surface area contributed by atoms with Crippen molar-refractivity contribution in [3.05, 3.63) is 87.7 Å². The van der Waals surface area contributed by atoms with Crippen LogP contribution in [0.25, 0.3) is 11.4 Å². The number of ether oxygens (including phenoxy) is 1. The van der Waals surface area contributed by atoms with Crippen molar-refractivity contribution in [2.24, 2.45) is 5.92 Å². The molecule has 0 aliphatic heterocycles. The van der Waals surface area contributed by atoms with Gasteiger partial charge in [0.05, 0.1) is 30.0 Å². The zero-order chi connectivity index (χ0) is 32.9. The number of hydrogen-bond acceptors (Lipinski definition) is 10. The van der Waals surface area contributed by atoms with Crippen molar-refractivity contribution >= 4 is 23.5 Å². The molecule has 1 unspecified atom stereocenters. The highest BCUT2D eigenvalue weighted by Crippen LogP contribution is 2.29. The number of aromatic nitrogens is 5. The summed E-state index contributed by atoms with van der Waals surface area (Å²) in [4.78, 5) is 61.5. The van der Waals surface area contributed by atoms with Crippen LogP contribution >= 0.6 is 0 Å². The summed E-state index contributed by atoms with van der Waals surface area (Å²) in [6.07, 6.45) is 1.78. The first-order valence-corrected chi connectivity index (χ1v) is 14.5. The molecule has 0 aliphatic rings. The first kappa shape index (κ1) is 32.7. The zero-order valence-corrected chi connectivity index (χ0v) is 26.4. The SMILES string of the molecule is CCc1ccc(C(C)(C)c2nnc(C(=O)C(NC(=O)Cn3c(-c4ccccc4)nc(C)c(NC(=O)OC)c3=O)C(C)C)o2)nc1. The lowest BCUT2D eigenvalue weighted by Crippen LogP contribution is -2.47. The molecule has 4 rings (SSSR count). The van der Waals surface area contributed by atoms with Crippen molar-refractivity contribution in [3.8, 4) is 11.4 Å². The maximum Gasteiger partial charge on any atom is 0.411 e. The van der Waals surface area contributed by atoms with E-state index in [0.29, 0.717) is 11.3 Å². The molecule has 3 aromatic heterocycles. The van der Waals surface area contributed by atoms with E-state index in [1.54, 1.807) is 57.3 Å². The van der Waals surface area contributed by atoms with Gasteiger partial charge in [0.25, 0.3) is 11.4 Å². The molecular formula is C32H37N7O6. The third-order valence-corrected chi connectivity index (χ3v) is 7.41. The van der Waals surface area contributed by atoms with Crippen molar-refractivity contribution in [1.82, 2.24) is 30.0 Å². The average molecular weight is 616 g/mol. The molecule has 2 amide bonds. The molecule has 0 radical (unpaired) electrons. The highest BCUT2D eigenvalue weighted by molar-refractivity contribution is 5.98. The van der Waals surface area contributed by atoms with Gasteiger partial charge in [0.2, 0.25) is 17.6 Å². The lowest BCUT2D eigenvalue weighted by Gasteiger charge is -2.21. The number of benzene rings is 1. The number of hydrogen-bond donors (Lipinski definition) is 2. The molecule has 0 saturated carbocycles. The number of Topliss-reactive ketones (excluding diaryl/α,β-unsaturated/α-hetero) is 1. The van der Waals surface area contributed by atoms with Crippen molar-refractivity contribution in [1.29, 1.82) is 0 Å². The van der Waals surface area contributed by atoms with Crippen LogP contribution in [0, 0.1) is 12.8 Å². The van der Waals surface area contributed by atoms with Gasteiger partial charge in [0.1, 0.15) is 18.1 Å². The summed E-state index contributed by atoms with van der Waals surface area (Å²) >= 11 is 0. The van der Waals surface area contributed by atoms with Crippen LogP contribution in [0.4, 0.5) is 10.5 Å². The van der Waals surface area contributed by atoms with Gasteiger partial charge in [-0.2, -0.15) is 0 Å². The second-order valence-electron chi connectivity index (χ2n) is 11.4. The van der Waals surface area contributed by atoms with E-state index < -0.39 is 41.3 Å². The van der Waals surface area contributed by atoms with E-state index in [0.717, 1.165) is 16.6 Å². The Kier molecular flexibility index (Phi) is 9.90. The van der Waals surface area contributed by atoms with E-state index in [1.165, 1.54) is 7.11 Å². The Bertz CT molecular complexity index is 1740. The predicted octanol–water partition coefficient (Wildman–Crippen LogP) is 4.09. The monoisotopic (exact) mass is 615 g/mol. The number of anilines is 1. The van der Waals surface area contributed by atoms with Crippen LogP contribution in [-0.4, -0.2) is 55.7 Å². The van der Waals surface area contributed by atoms with Gasteiger partial charge < -0.3 is 14.5 Å². The maximum absolute atomic E-state index is 13.6. The first-order chi connectivity index (χ1) is 21.4. The molecule has 13 nitrogen and oxygen atoms in total. The number of pyridine rings is 1. The smallest absolute Gasteiger partial charge is 0.411 e. The summed E-state index contributed by atoms with van der Waals surface area (Å²) in [6, 6.07) is 11.6. The summed E-state index contributed by atoms with van der Waals surface area (Å²) in [7, 11) is 1.17. The van der Waals surface area contributed by atoms with Gasteiger partial charge >= 0.3 is 6.09 Å². The molecule has 0 aliphatic carbocycles. The third-order valence-electron chi connectivity index (χ3n) is 7.41. The fourth-order valence-electron chi connectivity index (χ4n) is 4.63. The number of rotatable bonds is 11. The van der Waals surface area contributed by atoms with Gasteiger partial charge in [-0.3, -0.25) is 29.3 Å². The number of methoxy groups -OCH3 is 1. The Morgan fingerprint density at radius 1 is 1.07 bits per heavy atom. The van der Waals surface area contributed by atoms with E-state index in [4.69, 9.17) is 4.42 Å². The number of nitrogens with one attached hydrogen (secondary N) is 2. The molecule has 1 atom stereocenters. The van der Waals surface area contributed by atoms with E-state index in [1.807, 2.05) is 32.9 Å². The summed E-state index contributed by atoms with van der Waals surface area (Å²) in [5, 5.41) is 13.2. The number of amides is 2. The number of ketones is 1. The number of carbonyl (C=O) groups is 3. The van der Waals surface area contributed by atoms with Gasteiger partial charge in [-0.1, -0.05) is 57.2 Å². The lowest BCUT2D eigenvalue weighted by molar-refractivity contribution is -0.122. The fraction of sp³-hybridized carbons (Fsp3) is 0.375. The van der Waals surface area contributed by atoms with E-state index in [9.17, 15) is 19.2 Å². The minimum Gasteiger partial charge on any atom is -0.453 e. The molecule has 4 aromatic rings. The van der Waals surface area contributed by atoms with Gasteiger partial charge in [0, 0.05) is 11.8 Å². The highest BCUT2D eigenvalue weighted by Gasteiger charge is 2.35. The molecule has 236 valence electrons. The molecule has 0 bridgehead atoms. The van der Waals surface area contributed by atoms with Crippen molar-refractivity contribution in [2.45, 2.75) is 66.0 Å². The van der Waals surface area contributed by atoms with Crippen molar-refractivity contribution in [2.75, 3.05) is 12.4 Å². The van der Waals surface area contributed by atoms with Crippen LogP contribution in [0.3, 0.4) is 0 Å². The normalized spacial score (nSPS) is 12.1. The van der Waals surface area contributed by atoms with Crippen LogP contribution < -0.4 is 16.2 Å². The van der Waals surface area contributed by atoms with Gasteiger partial charge in [-0.15, -0.1) is 10.2 Å². The van der Waals surface area contributed by atoms with E-state index in [2.05, 4.69) is 35.5 Å². The minimum absolute atomic E-state index is 0.134. The van der Waals surface area contributed by atoms with Gasteiger partial charge in [-0.05, 0) is 44.7 Å². The standard InChI is InChI=1S/C32H37N7O6/c1-8-20-14-15-22(33-16-20)32(5,6)30-38-37-28(45-30)26(41)24(18(2)3)35-23(40)17-39-27(21-12-10-9-11-13-21)34-19(4)25(29(39)42)36-31(43)44-7/h9-16,18,24H,8,17H2,1-7H3,(H,35,40)(H,36,43). The molecule has 0 fully saturated rings. The second-order valence-corrected chi connectivity index (χ2v) is 11.4. The molecule has 1 aromatic carbocycles. The Morgan fingerprint density at radius 3 is 2.38 bits per heavy atom. The van der Waals surface area contributed by atoms with Crippen LogP contribution in [0.15, 0.2) is 57.9 Å². The second kappa shape index (κ2) is 13.6. The number of aryl methyl sites for hydroxylation is 2. The Morgan fingerprint density at radius 2 is 1.78 bits per heavy atom. The van der Waals surface area contributed by atoms with E-state index >= 15 is 0 Å². The van der Waals surface area contributed by atoms with Gasteiger partial charge in [-0.25, -0.2) is 9.78 Å². The van der Waals surface area contributed by atoms with Gasteiger partial charge in [0.15, 0.2) is 0 Å². The summed E-state index contributed by atoms with van der Waals surface area (Å²) < 4.78 is 11.6. The Balaban J connectivity index is 1.61. The van der Waals surface area contributed by atoms with Crippen molar-refractivity contribution < 1.29 is 23.5 Å². The molecule has 13 heteroatoms. The molecule has 3 heterocycles. The average Bonchev–Trinajstić information content (AvgIpc) is 3.54. The quantitative estimate of drug-likeness (QED) is 0.234. The fourth-order valence-corrected chi connectivity index (χ4v) is 4.63. The molecular weight excluding hydrogens is 578 g/mol. The van der Waals surface area contributed by atoms with Crippen LogP contribution in [0.1, 0.15) is 68.1 Å². The van der Waals surface area contributed by atoms with Crippen LogP contribution in [0.5, 0.6) is 0 Å². The molecule has 0 saturated heterocycles.